The molecule has 0 bridgehead atoms. The molecule has 6 nitrogen and oxygen atoms in total. The van der Waals surface area contributed by atoms with E-state index in [2.05, 4.69) is 10.6 Å². The lowest BCUT2D eigenvalue weighted by Gasteiger charge is -2.43. The molecule has 0 spiro atoms. The molecule has 0 aliphatic carbocycles. The Morgan fingerprint density at radius 2 is 2.19 bits per heavy atom. The van der Waals surface area contributed by atoms with E-state index in [9.17, 15) is 9.59 Å². The van der Waals surface area contributed by atoms with Crippen molar-refractivity contribution in [2.75, 3.05) is 30.3 Å². The molecule has 6 heteroatoms. The van der Waals surface area contributed by atoms with Gasteiger partial charge in [-0.25, -0.2) is 0 Å². The minimum atomic E-state index is -0.702. The van der Waals surface area contributed by atoms with E-state index >= 15 is 0 Å². The summed E-state index contributed by atoms with van der Waals surface area (Å²) < 4.78 is 0. The Kier molecular flexibility index (Phi) is 4.06. The van der Waals surface area contributed by atoms with E-state index in [1.807, 2.05) is 25.7 Å². The fourth-order valence-corrected chi connectivity index (χ4v) is 2.50. The maximum atomic E-state index is 12.1. The second-order valence-electron chi connectivity index (χ2n) is 5.60. The van der Waals surface area contributed by atoms with E-state index in [0.29, 0.717) is 30.9 Å². The molecule has 1 aromatic carbocycles. The molecule has 1 aliphatic heterocycles. The van der Waals surface area contributed by atoms with E-state index in [1.165, 1.54) is 0 Å². The van der Waals surface area contributed by atoms with Crippen LogP contribution in [0.25, 0.3) is 0 Å². The van der Waals surface area contributed by atoms with Crippen molar-refractivity contribution in [2.45, 2.75) is 26.3 Å². The number of hydrogen-bond acceptors (Lipinski definition) is 4. The van der Waals surface area contributed by atoms with Crippen LogP contribution in [0.3, 0.4) is 0 Å². The van der Waals surface area contributed by atoms with Crippen LogP contribution in [0.15, 0.2) is 18.2 Å². The topological polar surface area (TPSA) is 87.5 Å². The Bertz CT molecular complexity index is 569. The molecule has 1 aromatic rings. The predicted molar refractivity (Wildman–Crippen MR) is 83.3 cm³/mol. The molecule has 1 heterocycles. The predicted octanol–water partition coefficient (Wildman–Crippen LogP) is 0.733. The van der Waals surface area contributed by atoms with Gasteiger partial charge in [-0.15, -0.1) is 0 Å². The molecule has 1 fully saturated rings. The fraction of sp³-hybridized carbons (Fsp3) is 0.467. The lowest BCUT2D eigenvalue weighted by molar-refractivity contribution is -0.126. The summed E-state index contributed by atoms with van der Waals surface area (Å²) in [5.41, 5.74) is 7.18. The Morgan fingerprint density at radius 1 is 1.48 bits per heavy atom. The summed E-state index contributed by atoms with van der Waals surface area (Å²) in [6, 6.07) is 5.16. The number of nitrogens with one attached hydrogen (secondary N) is 2. The zero-order valence-electron chi connectivity index (χ0n) is 12.7. The smallest absolute Gasteiger partial charge is 0.251 e. The zero-order chi connectivity index (χ0) is 15.6. The summed E-state index contributed by atoms with van der Waals surface area (Å²) in [6.45, 7) is 7.35. The van der Waals surface area contributed by atoms with E-state index in [1.54, 1.807) is 18.2 Å². The summed E-state index contributed by atoms with van der Waals surface area (Å²) >= 11 is 0. The first-order chi connectivity index (χ1) is 9.87. The van der Waals surface area contributed by atoms with Crippen molar-refractivity contribution in [3.63, 3.8) is 0 Å². The highest BCUT2D eigenvalue weighted by Gasteiger charge is 2.38. The standard InChI is InChI=1S/C15H22N4O2/c1-4-17-13(20)10-5-6-11(16)12(9-10)19-8-7-18-14(21)15(19,2)3/h5-6,9H,4,7-8,16H2,1-3H3,(H,17,20)(H,18,21). The van der Waals surface area contributed by atoms with Crippen LogP contribution in [-0.2, 0) is 4.79 Å². The third-order valence-corrected chi connectivity index (χ3v) is 3.77. The van der Waals surface area contributed by atoms with Crippen LogP contribution in [0.1, 0.15) is 31.1 Å². The molecule has 2 amide bonds. The number of amides is 2. The lowest BCUT2D eigenvalue weighted by Crippen LogP contribution is -2.62. The SMILES string of the molecule is CCNC(=O)c1ccc(N)c(N2CCNC(=O)C2(C)C)c1. The second-order valence-corrected chi connectivity index (χ2v) is 5.60. The molecule has 0 radical (unpaired) electrons. The molecule has 0 saturated carbocycles. The zero-order valence-corrected chi connectivity index (χ0v) is 12.7. The number of nitrogens with two attached hydrogens (primary N) is 1. The molecule has 4 N–H and O–H groups in total. The van der Waals surface area contributed by atoms with Crippen LogP contribution in [0.2, 0.25) is 0 Å². The molecule has 2 rings (SSSR count). The van der Waals surface area contributed by atoms with Gasteiger partial charge in [-0.3, -0.25) is 9.59 Å². The largest absolute Gasteiger partial charge is 0.397 e. The highest BCUT2D eigenvalue weighted by atomic mass is 16.2. The average molecular weight is 290 g/mol. The second kappa shape index (κ2) is 5.63. The van der Waals surface area contributed by atoms with Crippen LogP contribution >= 0.6 is 0 Å². The molecule has 21 heavy (non-hydrogen) atoms. The summed E-state index contributed by atoms with van der Waals surface area (Å²) in [5, 5.41) is 5.61. The molecule has 1 saturated heterocycles. The van der Waals surface area contributed by atoms with Crippen molar-refractivity contribution >= 4 is 23.2 Å². The van der Waals surface area contributed by atoms with Crippen molar-refractivity contribution in [3.05, 3.63) is 23.8 Å². The number of benzene rings is 1. The third-order valence-electron chi connectivity index (χ3n) is 3.77. The van der Waals surface area contributed by atoms with Crippen LogP contribution in [-0.4, -0.2) is 37.0 Å². The number of carbonyl (C=O) groups is 2. The molecule has 0 unspecified atom stereocenters. The maximum absolute atomic E-state index is 12.1. The van der Waals surface area contributed by atoms with Gasteiger partial charge in [0.2, 0.25) is 5.91 Å². The van der Waals surface area contributed by atoms with Crippen LogP contribution in [0.5, 0.6) is 0 Å². The highest BCUT2D eigenvalue weighted by molar-refractivity contribution is 5.97. The monoisotopic (exact) mass is 290 g/mol. The average Bonchev–Trinajstić information content (AvgIpc) is 2.43. The summed E-state index contributed by atoms with van der Waals surface area (Å²) in [5.74, 6) is -0.186. The van der Waals surface area contributed by atoms with Gasteiger partial charge in [-0.2, -0.15) is 0 Å². The third kappa shape index (κ3) is 2.79. The number of nitrogens with zero attached hydrogens (tertiary/aromatic N) is 1. The Morgan fingerprint density at radius 3 is 2.86 bits per heavy atom. The van der Waals surface area contributed by atoms with E-state index in [0.717, 1.165) is 5.69 Å². The molecule has 1 aliphatic rings. The van der Waals surface area contributed by atoms with Gasteiger partial charge in [0, 0.05) is 25.2 Å². The van der Waals surface area contributed by atoms with Gasteiger partial charge < -0.3 is 21.3 Å². The summed E-state index contributed by atoms with van der Waals surface area (Å²) in [7, 11) is 0. The van der Waals surface area contributed by atoms with Crippen molar-refractivity contribution in [3.8, 4) is 0 Å². The fourth-order valence-electron chi connectivity index (χ4n) is 2.50. The highest BCUT2D eigenvalue weighted by Crippen LogP contribution is 2.31. The normalized spacial score (nSPS) is 17.3. The number of anilines is 2. The Labute approximate surface area is 124 Å². The van der Waals surface area contributed by atoms with Gasteiger partial charge >= 0.3 is 0 Å². The molecular weight excluding hydrogens is 268 g/mol. The summed E-state index contributed by atoms with van der Waals surface area (Å²) in [4.78, 5) is 26.0. The maximum Gasteiger partial charge on any atom is 0.251 e. The van der Waals surface area contributed by atoms with Gasteiger partial charge in [0.25, 0.3) is 5.91 Å². The van der Waals surface area contributed by atoms with Gasteiger partial charge in [-0.05, 0) is 39.0 Å². The van der Waals surface area contributed by atoms with E-state index < -0.39 is 5.54 Å². The molecule has 0 atom stereocenters. The van der Waals surface area contributed by atoms with Gasteiger partial charge in [0.1, 0.15) is 5.54 Å². The van der Waals surface area contributed by atoms with Crippen LogP contribution < -0.4 is 21.3 Å². The van der Waals surface area contributed by atoms with Crippen LogP contribution in [0.4, 0.5) is 11.4 Å². The van der Waals surface area contributed by atoms with Crippen molar-refractivity contribution < 1.29 is 9.59 Å². The van der Waals surface area contributed by atoms with Gasteiger partial charge in [-0.1, -0.05) is 0 Å². The van der Waals surface area contributed by atoms with Crippen molar-refractivity contribution in [1.29, 1.82) is 0 Å². The number of piperazine rings is 1. The first-order valence-electron chi connectivity index (χ1n) is 7.11. The lowest BCUT2D eigenvalue weighted by atomic mass is 9.97. The molecule has 114 valence electrons. The number of rotatable bonds is 3. The minimum Gasteiger partial charge on any atom is -0.397 e. The number of carbonyl (C=O) groups excluding carboxylic acids is 2. The first kappa shape index (κ1) is 15.2. The minimum absolute atomic E-state index is 0.0448. The summed E-state index contributed by atoms with van der Waals surface area (Å²) in [6.07, 6.45) is 0. The quantitative estimate of drug-likeness (QED) is 0.716. The van der Waals surface area contributed by atoms with Crippen LogP contribution in [0, 0.1) is 0 Å². The number of nitrogen functional groups attached to an aromatic ring is 1. The molecule has 0 aromatic heterocycles. The van der Waals surface area contributed by atoms with E-state index in [-0.39, 0.29) is 11.8 Å². The van der Waals surface area contributed by atoms with Gasteiger partial charge in [0.05, 0.1) is 11.4 Å². The molecular formula is C15H22N4O2. The van der Waals surface area contributed by atoms with E-state index in [4.69, 9.17) is 5.73 Å². The Hall–Kier alpha value is -2.24. The van der Waals surface area contributed by atoms with Gasteiger partial charge in [0.15, 0.2) is 0 Å². The number of hydrogen-bond donors (Lipinski definition) is 3. The van der Waals surface area contributed by atoms with Crippen molar-refractivity contribution in [1.82, 2.24) is 10.6 Å². The Balaban J connectivity index is 2.40. The van der Waals surface area contributed by atoms with Crippen molar-refractivity contribution in [2.24, 2.45) is 0 Å². The first-order valence-corrected chi connectivity index (χ1v) is 7.11.